The molecule has 58 valence electrons. The summed E-state index contributed by atoms with van der Waals surface area (Å²) in [7, 11) is 0. The number of thiazole rings is 1. The van der Waals surface area contributed by atoms with Crippen molar-refractivity contribution >= 4 is 11.3 Å². The van der Waals surface area contributed by atoms with E-state index in [0.29, 0.717) is 0 Å². The minimum absolute atomic E-state index is 0.0139. The molecule has 0 aromatic carbocycles. The highest BCUT2D eigenvalue weighted by molar-refractivity contribution is 7.09. The van der Waals surface area contributed by atoms with Crippen molar-refractivity contribution in [3.8, 4) is 6.07 Å². The Morgan fingerprint density at radius 1 is 1.82 bits per heavy atom. The highest BCUT2D eigenvalue weighted by atomic mass is 32.1. The van der Waals surface area contributed by atoms with Crippen molar-refractivity contribution in [3.63, 3.8) is 0 Å². The third-order valence-electron chi connectivity index (χ3n) is 1.56. The molecule has 1 aromatic rings. The molecule has 3 heteroatoms. The number of hydrogen-bond acceptors (Lipinski definition) is 3. The van der Waals surface area contributed by atoms with Crippen molar-refractivity contribution in [3.05, 3.63) is 16.1 Å². The van der Waals surface area contributed by atoms with Crippen molar-refractivity contribution in [2.24, 2.45) is 0 Å². The molecule has 1 rings (SSSR count). The topological polar surface area (TPSA) is 36.7 Å². The zero-order valence-electron chi connectivity index (χ0n) is 6.66. The Morgan fingerprint density at radius 2 is 2.55 bits per heavy atom. The van der Waals surface area contributed by atoms with Gasteiger partial charge in [0.15, 0.2) is 0 Å². The summed E-state index contributed by atoms with van der Waals surface area (Å²) in [5, 5.41) is 11.7. The van der Waals surface area contributed by atoms with Crippen LogP contribution in [0.1, 0.15) is 30.0 Å². The van der Waals surface area contributed by atoms with Gasteiger partial charge in [-0.1, -0.05) is 6.92 Å². The van der Waals surface area contributed by atoms with Crippen molar-refractivity contribution in [2.75, 3.05) is 0 Å². The van der Waals surface area contributed by atoms with Crippen LogP contribution < -0.4 is 0 Å². The lowest BCUT2D eigenvalue weighted by Gasteiger charge is -1.98. The molecule has 0 aliphatic rings. The number of nitriles is 1. The molecule has 1 atom stereocenters. The highest BCUT2D eigenvalue weighted by Crippen LogP contribution is 2.19. The maximum atomic E-state index is 8.70. The molecule has 0 radical (unpaired) electrons. The van der Waals surface area contributed by atoms with Crippen LogP contribution in [-0.4, -0.2) is 4.98 Å². The van der Waals surface area contributed by atoms with Crippen molar-refractivity contribution in [2.45, 2.75) is 26.2 Å². The molecule has 0 aliphatic heterocycles. The van der Waals surface area contributed by atoms with Crippen LogP contribution in [0, 0.1) is 18.3 Å². The van der Waals surface area contributed by atoms with Crippen LogP contribution in [0.4, 0.5) is 0 Å². The minimum atomic E-state index is -0.0139. The van der Waals surface area contributed by atoms with Crippen LogP contribution in [0.2, 0.25) is 0 Å². The molecule has 1 aromatic heterocycles. The Kier molecular flexibility index (Phi) is 2.61. The van der Waals surface area contributed by atoms with E-state index in [-0.39, 0.29) is 5.92 Å². The van der Waals surface area contributed by atoms with E-state index >= 15 is 0 Å². The van der Waals surface area contributed by atoms with Crippen LogP contribution in [0.15, 0.2) is 5.38 Å². The average Bonchev–Trinajstić information content (AvgIpc) is 2.39. The predicted octanol–water partition coefficient (Wildman–Crippen LogP) is 2.47. The molecule has 0 saturated heterocycles. The van der Waals surface area contributed by atoms with Gasteiger partial charge in [-0.05, 0) is 13.3 Å². The van der Waals surface area contributed by atoms with Gasteiger partial charge in [0.05, 0.1) is 22.7 Å². The van der Waals surface area contributed by atoms with E-state index < -0.39 is 0 Å². The minimum Gasteiger partial charge on any atom is -0.245 e. The van der Waals surface area contributed by atoms with Crippen molar-refractivity contribution < 1.29 is 0 Å². The lowest BCUT2D eigenvalue weighted by atomic mass is 10.1. The van der Waals surface area contributed by atoms with E-state index in [0.717, 1.165) is 17.1 Å². The first-order valence-corrected chi connectivity index (χ1v) is 4.47. The Balaban J connectivity index is 2.84. The molecule has 0 N–H and O–H groups in total. The molecule has 0 aliphatic carbocycles. The molecule has 1 heterocycles. The molecule has 0 amide bonds. The number of hydrogen-bond donors (Lipinski definition) is 0. The molecule has 2 nitrogen and oxygen atoms in total. The Hall–Kier alpha value is -0.880. The second-order valence-corrected chi connectivity index (χ2v) is 3.44. The highest BCUT2D eigenvalue weighted by Gasteiger charge is 2.10. The van der Waals surface area contributed by atoms with Gasteiger partial charge < -0.3 is 0 Å². The molecule has 1 unspecified atom stereocenters. The van der Waals surface area contributed by atoms with Gasteiger partial charge in [0.1, 0.15) is 0 Å². The number of aromatic nitrogens is 1. The van der Waals surface area contributed by atoms with Gasteiger partial charge in [-0.2, -0.15) is 5.26 Å². The number of aryl methyl sites for hydroxylation is 1. The molecule has 0 fully saturated rings. The molecule has 0 saturated carbocycles. The van der Waals surface area contributed by atoms with Gasteiger partial charge in [0.25, 0.3) is 0 Å². The van der Waals surface area contributed by atoms with Gasteiger partial charge in [-0.15, -0.1) is 11.3 Å². The van der Waals surface area contributed by atoms with Crippen LogP contribution in [0.25, 0.3) is 0 Å². The lowest BCUT2D eigenvalue weighted by Crippen LogP contribution is -1.93. The normalized spacial score (nSPS) is 12.5. The summed E-state index contributed by atoms with van der Waals surface area (Å²) in [6, 6.07) is 2.23. The maximum Gasteiger partial charge on any atom is 0.0897 e. The van der Waals surface area contributed by atoms with E-state index in [1.54, 1.807) is 11.3 Å². The largest absolute Gasteiger partial charge is 0.245 e. The Bertz CT molecular complexity index is 272. The fourth-order valence-corrected chi connectivity index (χ4v) is 1.57. The van der Waals surface area contributed by atoms with E-state index in [4.69, 9.17) is 5.26 Å². The van der Waals surface area contributed by atoms with Gasteiger partial charge in [0.2, 0.25) is 0 Å². The molecule has 0 bridgehead atoms. The summed E-state index contributed by atoms with van der Waals surface area (Å²) < 4.78 is 0. The van der Waals surface area contributed by atoms with Crippen LogP contribution in [0.3, 0.4) is 0 Å². The Morgan fingerprint density at radius 3 is 2.91 bits per heavy atom. The zero-order chi connectivity index (χ0) is 8.27. The van der Waals surface area contributed by atoms with E-state index in [9.17, 15) is 0 Å². The molecule has 11 heavy (non-hydrogen) atoms. The number of nitrogens with zero attached hydrogens (tertiary/aromatic N) is 2. The molecular weight excluding hydrogens is 156 g/mol. The van der Waals surface area contributed by atoms with Crippen LogP contribution in [0.5, 0.6) is 0 Å². The number of rotatable bonds is 2. The fraction of sp³-hybridized carbons (Fsp3) is 0.500. The second kappa shape index (κ2) is 3.49. The van der Waals surface area contributed by atoms with Crippen molar-refractivity contribution in [1.82, 2.24) is 4.98 Å². The SMILES string of the molecule is CCC(C#N)c1csc(C)n1. The Labute approximate surface area is 70.5 Å². The van der Waals surface area contributed by atoms with E-state index in [1.807, 2.05) is 19.2 Å². The zero-order valence-corrected chi connectivity index (χ0v) is 7.48. The summed E-state index contributed by atoms with van der Waals surface area (Å²) in [5.41, 5.74) is 0.928. The van der Waals surface area contributed by atoms with Crippen LogP contribution in [-0.2, 0) is 0 Å². The fourth-order valence-electron chi connectivity index (χ4n) is 0.907. The van der Waals surface area contributed by atoms with Gasteiger partial charge in [-0.3, -0.25) is 0 Å². The quantitative estimate of drug-likeness (QED) is 0.676. The summed E-state index contributed by atoms with van der Waals surface area (Å²) in [6.07, 6.45) is 0.847. The summed E-state index contributed by atoms with van der Waals surface area (Å²) in [5.74, 6) is -0.0139. The van der Waals surface area contributed by atoms with Gasteiger partial charge in [0, 0.05) is 5.38 Å². The first-order valence-electron chi connectivity index (χ1n) is 3.59. The summed E-state index contributed by atoms with van der Waals surface area (Å²) in [4.78, 5) is 4.25. The van der Waals surface area contributed by atoms with E-state index in [1.165, 1.54) is 0 Å². The average molecular weight is 166 g/mol. The van der Waals surface area contributed by atoms with Crippen molar-refractivity contribution in [1.29, 1.82) is 5.26 Å². The summed E-state index contributed by atoms with van der Waals surface area (Å²) >= 11 is 1.60. The first kappa shape index (κ1) is 8.22. The molecular formula is C8H10N2S. The third-order valence-corrected chi connectivity index (χ3v) is 2.35. The summed E-state index contributed by atoms with van der Waals surface area (Å²) in [6.45, 7) is 3.96. The second-order valence-electron chi connectivity index (χ2n) is 2.38. The lowest BCUT2D eigenvalue weighted by molar-refractivity contribution is 0.792. The van der Waals surface area contributed by atoms with Crippen LogP contribution >= 0.6 is 11.3 Å². The predicted molar refractivity (Wildman–Crippen MR) is 45.5 cm³/mol. The van der Waals surface area contributed by atoms with E-state index in [2.05, 4.69) is 11.1 Å². The van der Waals surface area contributed by atoms with Gasteiger partial charge >= 0.3 is 0 Å². The standard InChI is InChI=1S/C8H10N2S/c1-3-7(4-9)8-5-11-6(2)10-8/h5,7H,3H2,1-2H3. The smallest absolute Gasteiger partial charge is 0.0897 e. The van der Waals surface area contributed by atoms with Gasteiger partial charge in [-0.25, -0.2) is 4.98 Å². The molecule has 0 spiro atoms. The third kappa shape index (κ3) is 1.78. The monoisotopic (exact) mass is 166 g/mol. The first-order chi connectivity index (χ1) is 5.27. The maximum absolute atomic E-state index is 8.70.